The molecule has 0 unspecified atom stereocenters. The molecular weight excluding hydrogens is 274 g/mol. The van der Waals surface area contributed by atoms with E-state index in [1.807, 2.05) is 23.5 Å². The minimum absolute atomic E-state index is 0.0947. The highest BCUT2D eigenvalue weighted by atomic mass is 35.5. The number of hydrogen-bond donors (Lipinski definition) is 2. The van der Waals surface area contributed by atoms with Crippen LogP contribution in [0.5, 0.6) is 0 Å². The second-order valence-corrected chi connectivity index (χ2v) is 4.89. The molecule has 5 heteroatoms. The number of pyridine rings is 1. The summed E-state index contributed by atoms with van der Waals surface area (Å²) in [7, 11) is 0. The van der Waals surface area contributed by atoms with Crippen LogP contribution in [0.25, 0.3) is 0 Å². The summed E-state index contributed by atoms with van der Waals surface area (Å²) in [6, 6.07) is 13.8. The number of aromatic nitrogens is 1. The summed E-state index contributed by atoms with van der Waals surface area (Å²) in [4.78, 5) is 15.8. The van der Waals surface area contributed by atoms with Gasteiger partial charge < -0.3 is 10.6 Å². The zero-order valence-corrected chi connectivity index (χ0v) is 12.0. The maximum atomic E-state index is 11.9. The van der Waals surface area contributed by atoms with Gasteiger partial charge in [0, 0.05) is 11.8 Å². The van der Waals surface area contributed by atoms with Crippen molar-refractivity contribution in [2.24, 2.45) is 0 Å². The van der Waals surface area contributed by atoms with Crippen LogP contribution < -0.4 is 10.6 Å². The number of nitrogens with two attached hydrogens (primary N) is 1. The standard InChI is InChI=1S/C15H16ClN3O/c1-11(12-6-3-2-4-7-12)18-10-14(20)19-13-8-5-9-17-15(13)16/h2-9,11,18H,10H2,1H3,(H,19,20)/p+1/t11-/m0/s1. The van der Waals surface area contributed by atoms with Crippen molar-refractivity contribution in [2.75, 3.05) is 11.9 Å². The Morgan fingerprint density at radius 1 is 1.30 bits per heavy atom. The van der Waals surface area contributed by atoms with Gasteiger partial charge >= 0.3 is 0 Å². The Labute approximate surface area is 123 Å². The second kappa shape index (κ2) is 7.03. The van der Waals surface area contributed by atoms with Gasteiger partial charge in [0.05, 0.1) is 5.69 Å². The van der Waals surface area contributed by atoms with E-state index in [1.54, 1.807) is 18.3 Å². The first-order valence-electron chi connectivity index (χ1n) is 6.45. The number of nitrogens with one attached hydrogen (secondary N) is 1. The molecule has 0 saturated heterocycles. The number of benzene rings is 1. The van der Waals surface area contributed by atoms with E-state index < -0.39 is 0 Å². The Kier molecular flexibility index (Phi) is 5.09. The molecule has 2 rings (SSSR count). The van der Waals surface area contributed by atoms with E-state index in [0.717, 1.165) is 0 Å². The fraction of sp³-hybridized carbons (Fsp3) is 0.200. The lowest BCUT2D eigenvalue weighted by atomic mass is 10.1. The number of anilines is 1. The number of nitrogens with zero attached hydrogens (tertiary/aromatic N) is 1. The van der Waals surface area contributed by atoms with Crippen molar-refractivity contribution < 1.29 is 10.1 Å². The van der Waals surface area contributed by atoms with Crippen molar-refractivity contribution in [1.82, 2.24) is 4.98 Å². The molecule has 4 nitrogen and oxygen atoms in total. The average molecular weight is 291 g/mol. The summed E-state index contributed by atoms with van der Waals surface area (Å²) in [5.41, 5.74) is 1.74. The summed E-state index contributed by atoms with van der Waals surface area (Å²) in [5, 5.41) is 5.04. The number of carbonyl (C=O) groups is 1. The normalized spacial score (nSPS) is 11.9. The van der Waals surface area contributed by atoms with E-state index in [-0.39, 0.29) is 11.9 Å². The predicted octanol–water partition coefficient (Wildman–Crippen LogP) is 2.00. The number of quaternary nitrogens is 1. The van der Waals surface area contributed by atoms with Crippen LogP contribution in [0.15, 0.2) is 48.7 Å². The lowest BCUT2D eigenvalue weighted by Gasteiger charge is -2.11. The first-order valence-corrected chi connectivity index (χ1v) is 6.83. The summed E-state index contributed by atoms with van der Waals surface area (Å²) in [6.07, 6.45) is 1.58. The van der Waals surface area contributed by atoms with E-state index in [0.29, 0.717) is 17.4 Å². The van der Waals surface area contributed by atoms with E-state index >= 15 is 0 Å². The van der Waals surface area contributed by atoms with Gasteiger partial charge in [-0.1, -0.05) is 41.9 Å². The Bertz CT molecular complexity index is 574. The van der Waals surface area contributed by atoms with Gasteiger partial charge in [0.25, 0.3) is 5.91 Å². The molecule has 20 heavy (non-hydrogen) atoms. The van der Waals surface area contributed by atoms with Crippen LogP contribution in [0.3, 0.4) is 0 Å². The zero-order chi connectivity index (χ0) is 14.4. The zero-order valence-electron chi connectivity index (χ0n) is 11.2. The molecule has 0 radical (unpaired) electrons. The molecule has 1 aromatic heterocycles. The predicted molar refractivity (Wildman–Crippen MR) is 79.5 cm³/mol. The molecule has 0 fully saturated rings. The SMILES string of the molecule is C[C@H]([NH2+]CC(=O)Nc1cccnc1Cl)c1ccccc1. The third-order valence-corrected chi connectivity index (χ3v) is 3.32. The molecule has 0 aliphatic heterocycles. The maximum Gasteiger partial charge on any atom is 0.279 e. The monoisotopic (exact) mass is 290 g/mol. The molecule has 0 bridgehead atoms. The van der Waals surface area contributed by atoms with E-state index in [1.165, 1.54) is 5.56 Å². The molecule has 1 atom stereocenters. The molecule has 0 spiro atoms. The van der Waals surface area contributed by atoms with Crippen molar-refractivity contribution >= 4 is 23.2 Å². The van der Waals surface area contributed by atoms with Gasteiger partial charge in [-0.05, 0) is 19.1 Å². The number of amides is 1. The van der Waals surface area contributed by atoms with Gasteiger partial charge in [0.2, 0.25) is 0 Å². The minimum Gasteiger partial charge on any atom is -0.333 e. The highest BCUT2D eigenvalue weighted by Crippen LogP contribution is 2.16. The lowest BCUT2D eigenvalue weighted by molar-refractivity contribution is -0.682. The van der Waals surface area contributed by atoms with Crippen molar-refractivity contribution in [2.45, 2.75) is 13.0 Å². The van der Waals surface area contributed by atoms with Gasteiger partial charge in [-0.15, -0.1) is 0 Å². The van der Waals surface area contributed by atoms with Crippen LogP contribution in [0.1, 0.15) is 18.5 Å². The summed E-state index contributed by atoms with van der Waals surface area (Å²) >= 11 is 5.89. The average Bonchev–Trinajstić information content (AvgIpc) is 2.48. The number of hydrogen-bond acceptors (Lipinski definition) is 2. The molecule has 1 heterocycles. The molecule has 0 saturated carbocycles. The Hall–Kier alpha value is -1.91. The molecule has 104 valence electrons. The van der Waals surface area contributed by atoms with Crippen molar-refractivity contribution in [3.05, 3.63) is 59.4 Å². The first kappa shape index (κ1) is 14.5. The molecule has 0 aliphatic carbocycles. The van der Waals surface area contributed by atoms with Gasteiger partial charge in [-0.2, -0.15) is 0 Å². The largest absolute Gasteiger partial charge is 0.333 e. The third kappa shape index (κ3) is 4.05. The number of carbonyl (C=O) groups excluding carboxylic acids is 1. The topological polar surface area (TPSA) is 58.6 Å². The smallest absolute Gasteiger partial charge is 0.279 e. The van der Waals surface area contributed by atoms with Gasteiger partial charge in [0.1, 0.15) is 6.04 Å². The van der Waals surface area contributed by atoms with Crippen LogP contribution in [0.2, 0.25) is 5.15 Å². The second-order valence-electron chi connectivity index (χ2n) is 4.53. The molecule has 1 amide bonds. The summed E-state index contributed by atoms with van der Waals surface area (Å²) in [5.74, 6) is -0.0947. The van der Waals surface area contributed by atoms with Crippen LogP contribution in [-0.4, -0.2) is 17.4 Å². The van der Waals surface area contributed by atoms with E-state index in [9.17, 15) is 4.79 Å². The molecule has 1 aromatic carbocycles. The van der Waals surface area contributed by atoms with Crippen LogP contribution in [-0.2, 0) is 4.79 Å². The molecule has 0 aliphatic rings. The molecular formula is C15H17ClN3O+. The van der Waals surface area contributed by atoms with E-state index in [2.05, 4.69) is 29.4 Å². The fourth-order valence-electron chi connectivity index (χ4n) is 1.86. The fourth-order valence-corrected chi connectivity index (χ4v) is 2.02. The van der Waals surface area contributed by atoms with Crippen LogP contribution >= 0.6 is 11.6 Å². The maximum absolute atomic E-state index is 11.9. The van der Waals surface area contributed by atoms with Crippen molar-refractivity contribution in [3.63, 3.8) is 0 Å². The highest BCUT2D eigenvalue weighted by molar-refractivity contribution is 6.32. The Balaban J connectivity index is 1.85. The van der Waals surface area contributed by atoms with Gasteiger partial charge in [0.15, 0.2) is 11.7 Å². The van der Waals surface area contributed by atoms with Crippen LogP contribution in [0.4, 0.5) is 5.69 Å². The highest BCUT2D eigenvalue weighted by Gasteiger charge is 2.12. The lowest BCUT2D eigenvalue weighted by Crippen LogP contribution is -2.86. The third-order valence-electron chi connectivity index (χ3n) is 3.02. The van der Waals surface area contributed by atoms with Crippen molar-refractivity contribution in [1.29, 1.82) is 0 Å². The van der Waals surface area contributed by atoms with Gasteiger partial charge in [-0.3, -0.25) is 4.79 Å². The number of halogens is 1. The van der Waals surface area contributed by atoms with Crippen molar-refractivity contribution in [3.8, 4) is 0 Å². The van der Waals surface area contributed by atoms with Crippen LogP contribution in [0, 0.1) is 0 Å². The first-order chi connectivity index (χ1) is 9.66. The quantitative estimate of drug-likeness (QED) is 0.828. The van der Waals surface area contributed by atoms with E-state index in [4.69, 9.17) is 11.6 Å². The summed E-state index contributed by atoms with van der Waals surface area (Å²) in [6.45, 7) is 2.40. The molecule has 2 aromatic rings. The van der Waals surface area contributed by atoms with Gasteiger partial charge in [-0.25, -0.2) is 4.98 Å². The Morgan fingerprint density at radius 3 is 2.75 bits per heavy atom. The Morgan fingerprint density at radius 2 is 2.05 bits per heavy atom. The minimum atomic E-state index is -0.0947. The molecule has 3 N–H and O–H groups in total. The number of rotatable bonds is 5. The summed E-state index contributed by atoms with van der Waals surface area (Å²) < 4.78 is 0.